The van der Waals surface area contributed by atoms with Crippen LogP contribution in [0.2, 0.25) is 0 Å². The SMILES string of the molecule is COc1cc(OC)c(C=Cc2cc3ccccc3c[n+]2C)c(OC)c1. The zero-order valence-corrected chi connectivity index (χ0v) is 14.9. The molecular weight excluding hydrogens is 314 g/mol. The molecule has 0 aliphatic heterocycles. The minimum absolute atomic E-state index is 0.696. The molecule has 0 atom stereocenters. The number of benzene rings is 2. The van der Waals surface area contributed by atoms with Crippen molar-refractivity contribution in [2.24, 2.45) is 7.05 Å². The first kappa shape index (κ1) is 16.8. The van der Waals surface area contributed by atoms with Crippen molar-refractivity contribution in [1.82, 2.24) is 0 Å². The molecule has 0 saturated carbocycles. The second kappa shape index (κ2) is 7.26. The number of pyridine rings is 1. The summed E-state index contributed by atoms with van der Waals surface area (Å²) in [5.41, 5.74) is 1.96. The zero-order valence-electron chi connectivity index (χ0n) is 14.9. The monoisotopic (exact) mass is 336 g/mol. The van der Waals surface area contributed by atoms with Gasteiger partial charge in [-0.25, -0.2) is 4.57 Å². The first-order valence-electron chi connectivity index (χ1n) is 8.02. The Morgan fingerprint density at radius 2 is 1.44 bits per heavy atom. The Bertz CT molecular complexity index is 907. The molecule has 0 saturated heterocycles. The first-order chi connectivity index (χ1) is 12.2. The third-order valence-corrected chi connectivity index (χ3v) is 4.21. The van der Waals surface area contributed by atoms with Crippen LogP contribution in [0.3, 0.4) is 0 Å². The van der Waals surface area contributed by atoms with Crippen LogP contribution in [0.5, 0.6) is 17.2 Å². The van der Waals surface area contributed by atoms with Crippen LogP contribution in [0, 0.1) is 0 Å². The highest BCUT2D eigenvalue weighted by Gasteiger charge is 2.12. The van der Waals surface area contributed by atoms with Gasteiger partial charge in [0.1, 0.15) is 24.3 Å². The van der Waals surface area contributed by atoms with Gasteiger partial charge >= 0.3 is 0 Å². The molecule has 0 unspecified atom stereocenters. The maximum absolute atomic E-state index is 5.50. The van der Waals surface area contributed by atoms with Gasteiger partial charge in [-0.1, -0.05) is 18.2 Å². The molecule has 0 radical (unpaired) electrons. The highest BCUT2D eigenvalue weighted by atomic mass is 16.5. The van der Waals surface area contributed by atoms with Crippen LogP contribution in [0.4, 0.5) is 0 Å². The van der Waals surface area contributed by atoms with E-state index in [2.05, 4.69) is 35.0 Å². The number of ether oxygens (including phenoxy) is 3. The van der Waals surface area contributed by atoms with Crippen molar-refractivity contribution in [3.05, 3.63) is 59.9 Å². The van der Waals surface area contributed by atoms with E-state index in [1.165, 1.54) is 10.8 Å². The fourth-order valence-corrected chi connectivity index (χ4v) is 2.84. The van der Waals surface area contributed by atoms with E-state index < -0.39 is 0 Å². The molecule has 3 aromatic rings. The normalized spacial score (nSPS) is 11.0. The van der Waals surface area contributed by atoms with Gasteiger partial charge in [-0.3, -0.25) is 0 Å². The largest absolute Gasteiger partial charge is 0.496 e. The maximum Gasteiger partial charge on any atom is 0.205 e. The van der Waals surface area contributed by atoms with Gasteiger partial charge in [0.05, 0.1) is 26.9 Å². The second-order valence-electron chi connectivity index (χ2n) is 5.72. The third-order valence-electron chi connectivity index (χ3n) is 4.21. The Morgan fingerprint density at radius 1 is 0.800 bits per heavy atom. The van der Waals surface area contributed by atoms with Crippen molar-refractivity contribution in [3.8, 4) is 17.2 Å². The molecule has 4 nitrogen and oxygen atoms in total. The molecule has 25 heavy (non-hydrogen) atoms. The van der Waals surface area contributed by atoms with Crippen molar-refractivity contribution >= 4 is 22.9 Å². The lowest BCUT2D eigenvalue weighted by Crippen LogP contribution is -2.31. The van der Waals surface area contributed by atoms with Crippen LogP contribution in [-0.4, -0.2) is 21.3 Å². The van der Waals surface area contributed by atoms with Crippen molar-refractivity contribution in [2.75, 3.05) is 21.3 Å². The van der Waals surface area contributed by atoms with Crippen LogP contribution in [-0.2, 0) is 7.05 Å². The summed E-state index contributed by atoms with van der Waals surface area (Å²) < 4.78 is 18.4. The summed E-state index contributed by atoms with van der Waals surface area (Å²) in [5, 5.41) is 2.41. The van der Waals surface area contributed by atoms with Crippen LogP contribution in [0.25, 0.3) is 22.9 Å². The summed E-state index contributed by atoms with van der Waals surface area (Å²) in [6.07, 6.45) is 6.18. The molecule has 128 valence electrons. The quantitative estimate of drug-likeness (QED) is 0.663. The standard InChI is InChI=1S/C21H22NO3/c1-22-14-16-8-6-5-7-15(16)11-17(22)9-10-19-20(24-3)12-18(23-2)13-21(19)25-4/h5-14H,1-4H3/q+1. The van der Waals surface area contributed by atoms with Gasteiger partial charge in [-0.15, -0.1) is 0 Å². The third kappa shape index (κ3) is 3.43. The van der Waals surface area contributed by atoms with Crippen LogP contribution >= 0.6 is 0 Å². The number of fused-ring (bicyclic) bond motifs is 1. The van der Waals surface area contributed by atoms with Crippen LogP contribution < -0.4 is 18.8 Å². The highest BCUT2D eigenvalue weighted by Crippen LogP contribution is 2.35. The van der Waals surface area contributed by atoms with Gasteiger partial charge in [0.25, 0.3) is 0 Å². The summed E-state index contributed by atoms with van der Waals surface area (Å²) >= 11 is 0. The number of aromatic nitrogens is 1. The molecule has 0 fully saturated rings. The molecule has 0 amide bonds. The smallest absolute Gasteiger partial charge is 0.205 e. The van der Waals surface area contributed by atoms with Gasteiger partial charge in [-0.05, 0) is 17.5 Å². The molecule has 0 aliphatic carbocycles. The Kier molecular flexibility index (Phi) is 4.89. The molecule has 1 heterocycles. The predicted octanol–water partition coefficient (Wildman–Crippen LogP) is 3.86. The fraction of sp³-hybridized carbons (Fsp3) is 0.190. The zero-order chi connectivity index (χ0) is 17.8. The highest BCUT2D eigenvalue weighted by molar-refractivity contribution is 5.83. The minimum Gasteiger partial charge on any atom is -0.496 e. The molecule has 0 spiro atoms. The van der Waals surface area contributed by atoms with E-state index in [0.717, 1.165) is 11.3 Å². The van der Waals surface area contributed by atoms with Gasteiger partial charge < -0.3 is 14.2 Å². The molecule has 0 aliphatic rings. The van der Waals surface area contributed by atoms with Crippen molar-refractivity contribution < 1.29 is 18.8 Å². The molecule has 0 bridgehead atoms. The van der Waals surface area contributed by atoms with E-state index >= 15 is 0 Å². The van der Waals surface area contributed by atoms with Gasteiger partial charge in [0.15, 0.2) is 6.20 Å². The molecule has 4 heteroatoms. The lowest BCUT2D eigenvalue weighted by molar-refractivity contribution is -0.671. The lowest BCUT2D eigenvalue weighted by atomic mass is 10.1. The van der Waals surface area contributed by atoms with E-state index in [0.29, 0.717) is 17.2 Å². The van der Waals surface area contributed by atoms with Crippen LogP contribution in [0.15, 0.2) is 48.7 Å². The molecule has 0 N–H and O–H groups in total. The summed E-state index contributed by atoms with van der Waals surface area (Å²) in [5.74, 6) is 2.11. The number of hydrogen-bond donors (Lipinski definition) is 0. The summed E-state index contributed by atoms with van der Waals surface area (Å²) in [4.78, 5) is 0. The van der Waals surface area contributed by atoms with E-state index in [1.807, 2.05) is 37.4 Å². The van der Waals surface area contributed by atoms with E-state index in [4.69, 9.17) is 14.2 Å². The molecule has 2 aromatic carbocycles. The predicted molar refractivity (Wildman–Crippen MR) is 100 cm³/mol. The van der Waals surface area contributed by atoms with Gasteiger partial charge in [0.2, 0.25) is 5.69 Å². The number of hydrogen-bond acceptors (Lipinski definition) is 3. The Morgan fingerprint density at radius 3 is 2.04 bits per heavy atom. The Balaban J connectivity index is 2.06. The summed E-state index contributed by atoms with van der Waals surface area (Å²) in [6, 6.07) is 14.2. The lowest BCUT2D eigenvalue weighted by Gasteiger charge is -2.12. The minimum atomic E-state index is 0.696. The number of aryl methyl sites for hydroxylation is 1. The molecule has 3 rings (SSSR count). The Labute approximate surface area is 147 Å². The number of nitrogens with zero attached hydrogens (tertiary/aromatic N) is 1. The first-order valence-corrected chi connectivity index (χ1v) is 8.02. The molecule has 1 aromatic heterocycles. The fourth-order valence-electron chi connectivity index (χ4n) is 2.84. The van der Waals surface area contributed by atoms with Crippen molar-refractivity contribution in [1.29, 1.82) is 0 Å². The van der Waals surface area contributed by atoms with Gasteiger partial charge in [0, 0.05) is 29.7 Å². The van der Waals surface area contributed by atoms with Crippen LogP contribution in [0.1, 0.15) is 11.3 Å². The maximum atomic E-state index is 5.50. The van der Waals surface area contributed by atoms with E-state index in [9.17, 15) is 0 Å². The number of rotatable bonds is 5. The van der Waals surface area contributed by atoms with E-state index in [-0.39, 0.29) is 0 Å². The average molecular weight is 336 g/mol. The summed E-state index contributed by atoms with van der Waals surface area (Å²) in [6.45, 7) is 0. The Hall–Kier alpha value is -3.01. The summed E-state index contributed by atoms with van der Waals surface area (Å²) in [7, 11) is 6.94. The van der Waals surface area contributed by atoms with Crippen molar-refractivity contribution in [2.45, 2.75) is 0 Å². The van der Waals surface area contributed by atoms with E-state index in [1.54, 1.807) is 21.3 Å². The topological polar surface area (TPSA) is 31.6 Å². The van der Waals surface area contributed by atoms with Crippen molar-refractivity contribution in [3.63, 3.8) is 0 Å². The molecular formula is C21H22NO3+. The van der Waals surface area contributed by atoms with Gasteiger partial charge in [-0.2, -0.15) is 0 Å². The average Bonchev–Trinajstić information content (AvgIpc) is 2.65. The second-order valence-corrected chi connectivity index (χ2v) is 5.72. The number of methoxy groups -OCH3 is 3.